The molecule has 0 bridgehead atoms. The zero-order valence-corrected chi connectivity index (χ0v) is 8.13. The molecule has 0 spiro atoms. The number of rotatable bonds is 1. The number of aryl methyl sites for hydroxylation is 1. The average Bonchev–Trinajstić information content (AvgIpc) is 2.49. The number of hydrogen-bond donors (Lipinski definition) is 2. The van der Waals surface area contributed by atoms with Crippen molar-refractivity contribution in [1.29, 1.82) is 0 Å². The van der Waals surface area contributed by atoms with E-state index in [1.54, 1.807) is 6.92 Å². The molecule has 0 saturated heterocycles. The Labute approximate surface area is 84.2 Å². The van der Waals surface area contributed by atoms with Crippen LogP contribution in [-0.4, -0.2) is 19.9 Å². The van der Waals surface area contributed by atoms with Crippen molar-refractivity contribution in [3.63, 3.8) is 0 Å². The minimum atomic E-state index is 0.173. The summed E-state index contributed by atoms with van der Waals surface area (Å²) in [6.45, 7) is 1.80. The van der Waals surface area contributed by atoms with Crippen molar-refractivity contribution in [2.75, 3.05) is 5.73 Å². The molecule has 0 aliphatic heterocycles. The molecule has 0 saturated carbocycles. The van der Waals surface area contributed by atoms with Gasteiger partial charge >= 0.3 is 0 Å². The van der Waals surface area contributed by atoms with Gasteiger partial charge in [-0.2, -0.15) is 9.97 Å². The van der Waals surface area contributed by atoms with E-state index in [-0.39, 0.29) is 10.7 Å². The van der Waals surface area contributed by atoms with Crippen LogP contribution in [0.3, 0.4) is 0 Å². The summed E-state index contributed by atoms with van der Waals surface area (Å²) in [4.78, 5) is 14.4. The topological polar surface area (TPSA) is 93.6 Å². The molecule has 72 valence electrons. The van der Waals surface area contributed by atoms with Crippen molar-refractivity contribution in [3.05, 3.63) is 16.9 Å². The highest BCUT2D eigenvalue weighted by atomic mass is 32.1. The lowest BCUT2D eigenvalue weighted by Crippen LogP contribution is -1.99. The van der Waals surface area contributed by atoms with Crippen LogP contribution in [0, 0.1) is 11.7 Å². The maximum atomic E-state index is 5.48. The number of anilines is 1. The summed E-state index contributed by atoms with van der Waals surface area (Å²) in [6.07, 6.45) is 1.33. The minimum Gasteiger partial charge on any atom is -0.440 e. The van der Waals surface area contributed by atoms with Gasteiger partial charge in [-0.3, -0.25) is 0 Å². The SMILES string of the molecule is Cc1ncoc1-c1nc(=S)nc(N)[nH]1. The highest BCUT2D eigenvalue weighted by Crippen LogP contribution is 2.17. The van der Waals surface area contributed by atoms with Gasteiger partial charge in [0, 0.05) is 0 Å². The van der Waals surface area contributed by atoms with E-state index < -0.39 is 0 Å². The number of nitrogens with zero attached hydrogens (tertiary/aromatic N) is 3. The summed E-state index contributed by atoms with van der Waals surface area (Å²) in [5, 5.41) is 0. The molecular weight excluding hydrogens is 202 g/mol. The normalized spacial score (nSPS) is 10.4. The molecule has 3 N–H and O–H groups in total. The van der Waals surface area contributed by atoms with Crippen LogP contribution in [0.2, 0.25) is 0 Å². The van der Waals surface area contributed by atoms with E-state index in [1.165, 1.54) is 6.39 Å². The molecule has 0 aliphatic rings. The van der Waals surface area contributed by atoms with Gasteiger partial charge in [0.1, 0.15) is 0 Å². The molecule has 0 aliphatic carbocycles. The molecule has 0 amide bonds. The van der Waals surface area contributed by atoms with E-state index in [2.05, 4.69) is 19.9 Å². The van der Waals surface area contributed by atoms with Crippen LogP contribution in [0.15, 0.2) is 10.8 Å². The second-order valence-corrected chi connectivity index (χ2v) is 3.00. The Hall–Kier alpha value is -1.76. The first-order chi connectivity index (χ1) is 6.66. The number of H-pyrrole nitrogens is 1. The largest absolute Gasteiger partial charge is 0.440 e. The summed E-state index contributed by atoms with van der Waals surface area (Å²) in [6, 6.07) is 0. The van der Waals surface area contributed by atoms with E-state index in [0.717, 1.165) is 0 Å². The molecule has 7 heteroatoms. The monoisotopic (exact) mass is 209 g/mol. The van der Waals surface area contributed by atoms with Gasteiger partial charge in [0.05, 0.1) is 5.69 Å². The standard InChI is InChI=1S/C7H7N5OS/c1-3-4(13-2-9-3)5-10-6(8)12-7(14)11-5/h2H,1H3,(H3,8,10,11,12,14). The van der Waals surface area contributed by atoms with Crippen LogP contribution < -0.4 is 5.73 Å². The number of oxazole rings is 1. The Morgan fingerprint density at radius 1 is 1.50 bits per heavy atom. The average molecular weight is 209 g/mol. The third-order valence-corrected chi connectivity index (χ3v) is 1.81. The maximum absolute atomic E-state index is 5.48. The fourth-order valence-corrected chi connectivity index (χ4v) is 1.23. The van der Waals surface area contributed by atoms with Crippen LogP contribution in [-0.2, 0) is 0 Å². The Morgan fingerprint density at radius 3 is 2.86 bits per heavy atom. The zero-order valence-electron chi connectivity index (χ0n) is 7.31. The first-order valence-corrected chi connectivity index (χ1v) is 4.22. The lowest BCUT2D eigenvalue weighted by atomic mass is 10.3. The second-order valence-electron chi connectivity index (χ2n) is 2.63. The fourth-order valence-electron chi connectivity index (χ4n) is 1.04. The number of nitrogen functional groups attached to an aromatic ring is 1. The number of nitrogens with one attached hydrogen (secondary N) is 1. The summed E-state index contributed by atoms with van der Waals surface area (Å²) in [5.74, 6) is 1.17. The van der Waals surface area contributed by atoms with Crippen molar-refractivity contribution >= 4 is 18.2 Å². The summed E-state index contributed by atoms with van der Waals surface area (Å²) < 4.78 is 5.30. The molecule has 0 unspecified atom stereocenters. The van der Waals surface area contributed by atoms with Gasteiger partial charge in [-0.15, -0.1) is 0 Å². The van der Waals surface area contributed by atoms with Crippen molar-refractivity contribution in [2.45, 2.75) is 6.92 Å². The van der Waals surface area contributed by atoms with Gasteiger partial charge in [0.2, 0.25) is 10.7 Å². The van der Waals surface area contributed by atoms with Crippen LogP contribution in [0.5, 0.6) is 0 Å². The van der Waals surface area contributed by atoms with E-state index in [9.17, 15) is 0 Å². The third kappa shape index (κ3) is 1.49. The lowest BCUT2D eigenvalue weighted by Gasteiger charge is -1.98. The highest BCUT2D eigenvalue weighted by Gasteiger charge is 2.09. The molecule has 0 aromatic carbocycles. The van der Waals surface area contributed by atoms with Crippen molar-refractivity contribution in [2.24, 2.45) is 0 Å². The predicted octanol–water partition coefficient (Wildman–Crippen LogP) is 1.08. The minimum absolute atomic E-state index is 0.173. The summed E-state index contributed by atoms with van der Waals surface area (Å²) in [7, 11) is 0. The van der Waals surface area contributed by atoms with Gasteiger partial charge in [0.25, 0.3) is 0 Å². The van der Waals surface area contributed by atoms with Crippen molar-refractivity contribution in [1.82, 2.24) is 19.9 Å². The molecule has 2 rings (SSSR count). The fraction of sp³-hybridized carbons (Fsp3) is 0.143. The van der Waals surface area contributed by atoms with Crippen LogP contribution >= 0.6 is 12.2 Å². The van der Waals surface area contributed by atoms with Gasteiger partial charge in [-0.05, 0) is 19.1 Å². The second kappa shape index (κ2) is 3.18. The van der Waals surface area contributed by atoms with Gasteiger partial charge < -0.3 is 15.1 Å². The Balaban J connectivity index is 2.63. The number of aromatic nitrogens is 4. The highest BCUT2D eigenvalue weighted by molar-refractivity contribution is 7.71. The molecule has 2 heterocycles. The zero-order chi connectivity index (χ0) is 10.1. The molecule has 2 aromatic rings. The van der Waals surface area contributed by atoms with Crippen LogP contribution in [0.25, 0.3) is 11.6 Å². The van der Waals surface area contributed by atoms with E-state index in [0.29, 0.717) is 17.3 Å². The molecule has 14 heavy (non-hydrogen) atoms. The van der Waals surface area contributed by atoms with E-state index in [4.69, 9.17) is 22.4 Å². The van der Waals surface area contributed by atoms with Crippen LogP contribution in [0.4, 0.5) is 5.95 Å². The quantitative estimate of drug-likeness (QED) is 0.682. The Bertz CT molecular complexity index is 517. The van der Waals surface area contributed by atoms with Gasteiger partial charge in [-0.1, -0.05) is 0 Å². The smallest absolute Gasteiger partial charge is 0.224 e. The van der Waals surface area contributed by atoms with Crippen molar-refractivity contribution in [3.8, 4) is 11.6 Å². The molecular formula is C7H7N5OS. The summed E-state index contributed by atoms with van der Waals surface area (Å²) in [5.41, 5.74) is 6.20. The number of nitrogens with two attached hydrogens (primary N) is 1. The van der Waals surface area contributed by atoms with E-state index >= 15 is 0 Å². The van der Waals surface area contributed by atoms with Gasteiger partial charge in [0.15, 0.2) is 18.0 Å². The van der Waals surface area contributed by atoms with Gasteiger partial charge in [-0.25, -0.2) is 4.98 Å². The first-order valence-electron chi connectivity index (χ1n) is 3.81. The van der Waals surface area contributed by atoms with E-state index in [1.807, 2.05) is 0 Å². The molecule has 6 nitrogen and oxygen atoms in total. The predicted molar refractivity (Wildman–Crippen MR) is 51.9 cm³/mol. The first kappa shape index (κ1) is 8.82. The Morgan fingerprint density at radius 2 is 2.29 bits per heavy atom. The Kier molecular flexibility index (Phi) is 2.01. The molecule has 0 fully saturated rings. The number of aromatic amines is 1. The molecule has 0 atom stereocenters. The van der Waals surface area contributed by atoms with Crippen LogP contribution in [0.1, 0.15) is 5.69 Å². The molecule has 2 aromatic heterocycles. The maximum Gasteiger partial charge on any atom is 0.224 e. The summed E-state index contributed by atoms with van der Waals surface area (Å²) >= 11 is 4.82. The molecule has 0 radical (unpaired) electrons. The van der Waals surface area contributed by atoms with Crippen molar-refractivity contribution < 1.29 is 4.42 Å². The number of hydrogen-bond acceptors (Lipinski definition) is 6. The lowest BCUT2D eigenvalue weighted by molar-refractivity contribution is 0.566. The third-order valence-electron chi connectivity index (χ3n) is 1.63.